The lowest BCUT2D eigenvalue weighted by Crippen LogP contribution is -2.51. The fourth-order valence-corrected chi connectivity index (χ4v) is 4.57. The molecule has 148 valence electrons. The number of rotatable bonds is 3. The second-order valence-electron chi connectivity index (χ2n) is 7.67. The van der Waals surface area contributed by atoms with Crippen LogP contribution in [0, 0.1) is 22.7 Å². The van der Waals surface area contributed by atoms with Crippen LogP contribution in [0.2, 0.25) is 0 Å². The Hall–Kier alpha value is -3.75. The van der Waals surface area contributed by atoms with Crippen molar-refractivity contribution >= 4 is 5.82 Å². The van der Waals surface area contributed by atoms with Gasteiger partial charge in [0.15, 0.2) is 0 Å². The molecule has 0 unspecified atom stereocenters. The second kappa shape index (κ2) is 7.58. The number of nitriles is 2. The van der Waals surface area contributed by atoms with Crippen LogP contribution in [0.4, 0.5) is 5.82 Å². The van der Waals surface area contributed by atoms with Crippen molar-refractivity contribution in [3.8, 4) is 17.8 Å². The van der Waals surface area contributed by atoms with Crippen molar-refractivity contribution in [2.24, 2.45) is 0 Å². The molecule has 0 N–H and O–H groups in total. The van der Waals surface area contributed by atoms with E-state index in [9.17, 15) is 5.26 Å². The minimum atomic E-state index is 0.240. The predicted octanol–water partition coefficient (Wildman–Crippen LogP) is 2.43. The van der Waals surface area contributed by atoms with Crippen LogP contribution in [-0.4, -0.2) is 50.6 Å². The normalized spacial score (nSPS) is 21.1. The van der Waals surface area contributed by atoms with Crippen LogP contribution in [0.3, 0.4) is 0 Å². The molecule has 5 rings (SSSR count). The Morgan fingerprint density at radius 1 is 1.03 bits per heavy atom. The van der Waals surface area contributed by atoms with Gasteiger partial charge in [0.2, 0.25) is 0 Å². The van der Waals surface area contributed by atoms with Gasteiger partial charge in [0.25, 0.3) is 0 Å². The molecule has 4 heterocycles. The minimum Gasteiger partial charge on any atom is -0.353 e. The molecule has 2 aliphatic rings. The van der Waals surface area contributed by atoms with E-state index in [1.54, 1.807) is 23.0 Å². The van der Waals surface area contributed by atoms with Gasteiger partial charge in [-0.05, 0) is 43.2 Å². The van der Waals surface area contributed by atoms with Crippen molar-refractivity contribution in [2.75, 3.05) is 24.5 Å². The third kappa shape index (κ3) is 3.18. The lowest BCUT2D eigenvalue weighted by molar-refractivity contribution is 0.173. The molecule has 1 aromatic carbocycles. The van der Waals surface area contributed by atoms with Gasteiger partial charge in [-0.1, -0.05) is 11.3 Å². The van der Waals surface area contributed by atoms with Gasteiger partial charge < -0.3 is 4.90 Å². The highest BCUT2D eigenvalue weighted by Crippen LogP contribution is 2.38. The van der Waals surface area contributed by atoms with Gasteiger partial charge in [-0.2, -0.15) is 10.5 Å². The summed E-state index contributed by atoms with van der Waals surface area (Å²) in [6.45, 7) is 2.59. The summed E-state index contributed by atoms with van der Waals surface area (Å²) in [6.07, 6.45) is 5.83. The Bertz CT molecular complexity index is 1150. The zero-order valence-corrected chi connectivity index (χ0v) is 16.4. The van der Waals surface area contributed by atoms with Gasteiger partial charge in [-0.15, -0.1) is 5.10 Å². The van der Waals surface area contributed by atoms with Gasteiger partial charge in [0, 0.05) is 31.9 Å². The lowest BCUT2D eigenvalue weighted by Gasteiger charge is -2.40. The summed E-state index contributed by atoms with van der Waals surface area (Å²) in [5.41, 5.74) is 3.03. The topological polar surface area (TPSA) is 97.7 Å². The first kappa shape index (κ1) is 18.3. The molecule has 30 heavy (non-hydrogen) atoms. The summed E-state index contributed by atoms with van der Waals surface area (Å²) in [7, 11) is 0. The van der Waals surface area contributed by atoms with Gasteiger partial charge in [0.1, 0.15) is 17.6 Å². The molecular formula is C22H20N8. The fraction of sp³-hybridized carbons (Fsp3) is 0.318. The summed E-state index contributed by atoms with van der Waals surface area (Å²) < 4.78 is 1.74. The molecule has 3 aromatic rings. The molecule has 2 aliphatic heterocycles. The SMILES string of the molecule is N#Cc1cccc(-n2cc([C@H]3CC[C@H]4CN(c5ncccc5C#N)CCN43)nn2)c1. The van der Waals surface area contributed by atoms with E-state index < -0.39 is 0 Å². The summed E-state index contributed by atoms with van der Waals surface area (Å²) in [5, 5.41) is 27.3. The van der Waals surface area contributed by atoms with Crippen LogP contribution in [0.5, 0.6) is 0 Å². The Kier molecular flexibility index (Phi) is 4.62. The van der Waals surface area contributed by atoms with Crippen LogP contribution < -0.4 is 4.90 Å². The maximum atomic E-state index is 9.39. The van der Waals surface area contributed by atoms with Crippen molar-refractivity contribution in [3.05, 3.63) is 65.6 Å². The Morgan fingerprint density at radius 3 is 2.83 bits per heavy atom. The first-order chi connectivity index (χ1) is 14.8. The molecule has 2 fully saturated rings. The smallest absolute Gasteiger partial charge is 0.146 e. The van der Waals surface area contributed by atoms with E-state index in [1.165, 1.54) is 0 Å². The van der Waals surface area contributed by atoms with Crippen LogP contribution in [0.15, 0.2) is 48.8 Å². The standard InChI is InChI=1S/C22H20N8/c23-12-16-3-1-5-18(11-16)30-15-20(26-27-30)21-7-6-19-14-28(9-10-29(19)21)22-17(13-24)4-2-8-25-22/h1-5,8,11,15,19,21H,6-7,9-10,14H2/t19-,21+/m0/s1. The van der Waals surface area contributed by atoms with Crippen molar-refractivity contribution in [1.29, 1.82) is 10.5 Å². The van der Waals surface area contributed by atoms with Crippen LogP contribution in [0.1, 0.15) is 35.7 Å². The average Bonchev–Trinajstić information content (AvgIpc) is 3.45. The average molecular weight is 396 g/mol. The zero-order chi connectivity index (χ0) is 20.5. The molecule has 0 saturated carbocycles. The number of pyridine rings is 1. The molecule has 0 radical (unpaired) electrons. The van der Waals surface area contributed by atoms with Crippen molar-refractivity contribution in [1.82, 2.24) is 24.9 Å². The van der Waals surface area contributed by atoms with Crippen LogP contribution >= 0.6 is 0 Å². The Balaban J connectivity index is 1.33. The molecule has 8 nitrogen and oxygen atoms in total. The van der Waals surface area contributed by atoms with E-state index >= 15 is 0 Å². The van der Waals surface area contributed by atoms with Crippen LogP contribution in [-0.2, 0) is 0 Å². The van der Waals surface area contributed by atoms with E-state index in [0.717, 1.165) is 49.7 Å². The highest BCUT2D eigenvalue weighted by Gasteiger charge is 2.39. The van der Waals surface area contributed by atoms with Gasteiger partial charge in [0.05, 0.1) is 35.1 Å². The summed E-state index contributed by atoms with van der Waals surface area (Å²) in [5.74, 6) is 0.784. The van der Waals surface area contributed by atoms with E-state index in [4.69, 9.17) is 5.26 Å². The zero-order valence-electron chi connectivity index (χ0n) is 16.4. The van der Waals surface area contributed by atoms with E-state index in [1.807, 2.05) is 30.5 Å². The molecule has 0 aliphatic carbocycles. The highest BCUT2D eigenvalue weighted by molar-refractivity contribution is 5.54. The quantitative estimate of drug-likeness (QED) is 0.670. The monoisotopic (exact) mass is 396 g/mol. The number of anilines is 1. The molecule has 0 amide bonds. The number of fused-ring (bicyclic) bond motifs is 1. The number of aromatic nitrogens is 4. The van der Waals surface area contributed by atoms with Crippen molar-refractivity contribution < 1.29 is 0 Å². The van der Waals surface area contributed by atoms with Gasteiger partial charge in [-0.25, -0.2) is 9.67 Å². The lowest BCUT2D eigenvalue weighted by atomic mass is 10.1. The number of hydrogen-bond acceptors (Lipinski definition) is 7. The highest BCUT2D eigenvalue weighted by atomic mass is 15.4. The maximum absolute atomic E-state index is 9.39. The van der Waals surface area contributed by atoms with Gasteiger partial charge >= 0.3 is 0 Å². The third-order valence-electron chi connectivity index (χ3n) is 6.00. The first-order valence-electron chi connectivity index (χ1n) is 10.1. The number of hydrogen-bond donors (Lipinski definition) is 0. The number of nitrogens with zero attached hydrogens (tertiary/aromatic N) is 8. The predicted molar refractivity (Wildman–Crippen MR) is 110 cm³/mol. The van der Waals surface area contributed by atoms with Gasteiger partial charge in [-0.3, -0.25) is 4.90 Å². The third-order valence-corrected chi connectivity index (χ3v) is 6.00. The van der Waals surface area contributed by atoms with Crippen molar-refractivity contribution in [2.45, 2.75) is 24.9 Å². The maximum Gasteiger partial charge on any atom is 0.146 e. The van der Waals surface area contributed by atoms with E-state index in [0.29, 0.717) is 17.2 Å². The summed E-state index contributed by atoms with van der Waals surface area (Å²) >= 11 is 0. The van der Waals surface area contributed by atoms with Crippen molar-refractivity contribution in [3.63, 3.8) is 0 Å². The van der Waals surface area contributed by atoms with Crippen LogP contribution in [0.25, 0.3) is 5.69 Å². The minimum absolute atomic E-state index is 0.240. The van der Waals surface area contributed by atoms with E-state index in [2.05, 4.69) is 37.2 Å². The number of benzene rings is 1. The molecule has 2 atom stereocenters. The summed E-state index contributed by atoms with van der Waals surface area (Å²) in [4.78, 5) is 9.19. The fourth-order valence-electron chi connectivity index (χ4n) is 4.57. The molecule has 8 heteroatoms. The number of piperazine rings is 1. The largest absolute Gasteiger partial charge is 0.353 e. The Labute approximate surface area is 174 Å². The van der Waals surface area contributed by atoms with E-state index in [-0.39, 0.29) is 6.04 Å². The molecule has 2 aromatic heterocycles. The molecule has 0 bridgehead atoms. The summed E-state index contributed by atoms with van der Waals surface area (Å²) in [6, 6.07) is 16.1. The molecule has 2 saturated heterocycles. The Morgan fingerprint density at radius 2 is 1.97 bits per heavy atom. The second-order valence-corrected chi connectivity index (χ2v) is 7.67. The molecular weight excluding hydrogens is 376 g/mol. The first-order valence-corrected chi connectivity index (χ1v) is 10.1. The molecule has 0 spiro atoms.